The molecule has 3 rings (SSSR count). The van der Waals surface area contributed by atoms with E-state index in [1.165, 1.54) is 11.8 Å². The molecule has 0 radical (unpaired) electrons. The standard InChI is InChI=1S/C23H23F4NOS/c24-20-10-8-19(9-11-20)22(23(25,26)27,13-12-17-6-7-17)28-21(14-29)16-30-15-18-4-2-1-3-5-18/h1-5,8-11,17,21,28-29H,6-7,14-16H2/t21-,22+/m1/s1. The van der Waals surface area contributed by atoms with Crippen molar-refractivity contribution in [3.8, 4) is 11.8 Å². The van der Waals surface area contributed by atoms with Crippen molar-refractivity contribution in [2.75, 3.05) is 12.4 Å². The highest BCUT2D eigenvalue weighted by Crippen LogP contribution is 2.40. The lowest BCUT2D eigenvalue weighted by atomic mass is 9.88. The van der Waals surface area contributed by atoms with E-state index in [0.29, 0.717) is 5.75 Å². The number of rotatable bonds is 8. The van der Waals surface area contributed by atoms with Gasteiger partial charge in [-0.2, -0.15) is 24.9 Å². The van der Waals surface area contributed by atoms with Crippen molar-refractivity contribution in [3.63, 3.8) is 0 Å². The van der Waals surface area contributed by atoms with Gasteiger partial charge in [0.05, 0.1) is 6.61 Å². The number of thioether (sulfide) groups is 1. The molecule has 30 heavy (non-hydrogen) atoms. The molecule has 0 spiro atoms. The number of halogens is 4. The Morgan fingerprint density at radius 3 is 2.30 bits per heavy atom. The molecule has 0 amide bonds. The van der Waals surface area contributed by atoms with Crippen LogP contribution in [-0.4, -0.2) is 29.7 Å². The third kappa shape index (κ3) is 5.78. The van der Waals surface area contributed by atoms with Crippen LogP contribution >= 0.6 is 11.8 Å². The molecular formula is C23H23F4NOS. The van der Waals surface area contributed by atoms with Gasteiger partial charge in [-0.15, -0.1) is 0 Å². The van der Waals surface area contributed by atoms with Gasteiger partial charge >= 0.3 is 6.18 Å². The van der Waals surface area contributed by atoms with Crippen molar-refractivity contribution in [1.29, 1.82) is 0 Å². The first-order valence-electron chi connectivity index (χ1n) is 9.70. The van der Waals surface area contributed by atoms with Gasteiger partial charge in [0.2, 0.25) is 5.54 Å². The van der Waals surface area contributed by atoms with Gasteiger partial charge in [0.15, 0.2) is 0 Å². The molecular weight excluding hydrogens is 414 g/mol. The number of hydrogen-bond donors (Lipinski definition) is 2. The second-order valence-corrected chi connectivity index (χ2v) is 8.35. The van der Waals surface area contributed by atoms with E-state index in [0.717, 1.165) is 42.7 Å². The molecule has 0 aromatic heterocycles. The van der Waals surface area contributed by atoms with E-state index in [-0.39, 0.29) is 17.2 Å². The third-order valence-electron chi connectivity index (χ3n) is 4.82. The normalized spacial score (nSPS) is 17.0. The smallest absolute Gasteiger partial charge is 0.395 e. The summed E-state index contributed by atoms with van der Waals surface area (Å²) >= 11 is 1.43. The number of alkyl halides is 3. The molecule has 0 bridgehead atoms. The van der Waals surface area contributed by atoms with Crippen LogP contribution in [0.3, 0.4) is 0 Å². The van der Waals surface area contributed by atoms with Crippen molar-refractivity contribution in [2.45, 2.75) is 36.4 Å². The zero-order valence-corrected chi connectivity index (χ0v) is 17.1. The molecule has 2 atom stereocenters. The highest BCUT2D eigenvalue weighted by Gasteiger charge is 2.56. The molecule has 2 N–H and O–H groups in total. The number of hydrogen-bond acceptors (Lipinski definition) is 3. The van der Waals surface area contributed by atoms with Crippen LogP contribution in [0.1, 0.15) is 24.0 Å². The van der Waals surface area contributed by atoms with E-state index in [1.807, 2.05) is 30.3 Å². The van der Waals surface area contributed by atoms with Crippen LogP contribution in [0.2, 0.25) is 0 Å². The maximum absolute atomic E-state index is 14.4. The number of nitrogens with one attached hydrogen (secondary N) is 1. The summed E-state index contributed by atoms with van der Waals surface area (Å²) in [6.07, 6.45) is -3.20. The fourth-order valence-corrected chi connectivity index (χ4v) is 4.00. The summed E-state index contributed by atoms with van der Waals surface area (Å²) < 4.78 is 56.5. The summed E-state index contributed by atoms with van der Waals surface area (Å²) in [5.74, 6) is 5.33. The summed E-state index contributed by atoms with van der Waals surface area (Å²) in [4.78, 5) is 0. The minimum absolute atomic E-state index is 0.0472. The number of benzene rings is 2. The second kappa shape index (κ2) is 9.86. The first kappa shape index (κ1) is 22.7. The van der Waals surface area contributed by atoms with E-state index in [4.69, 9.17) is 0 Å². The van der Waals surface area contributed by atoms with Gasteiger partial charge in [0.1, 0.15) is 5.82 Å². The van der Waals surface area contributed by atoms with Crippen LogP contribution in [0, 0.1) is 23.6 Å². The van der Waals surface area contributed by atoms with Gasteiger partial charge in [0.25, 0.3) is 0 Å². The van der Waals surface area contributed by atoms with Gasteiger partial charge in [-0.1, -0.05) is 54.3 Å². The van der Waals surface area contributed by atoms with Crippen LogP contribution < -0.4 is 5.32 Å². The zero-order chi connectivity index (χ0) is 21.6. The van der Waals surface area contributed by atoms with Gasteiger partial charge < -0.3 is 5.11 Å². The lowest BCUT2D eigenvalue weighted by Crippen LogP contribution is -2.58. The molecule has 1 saturated carbocycles. The van der Waals surface area contributed by atoms with E-state index >= 15 is 0 Å². The minimum atomic E-state index is -4.76. The molecule has 1 aliphatic carbocycles. The fraction of sp³-hybridized carbons (Fsp3) is 0.391. The van der Waals surface area contributed by atoms with Gasteiger partial charge in [-0.3, -0.25) is 5.32 Å². The highest BCUT2D eigenvalue weighted by atomic mass is 32.2. The molecule has 0 unspecified atom stereocenters. The van der Waals surface area contributed by atoms with Crippen molar-refractivity contribution >= 4 is 11.8 Å². The van der Waals surface area contributed by atoms with Crippen LogP contribution in [0.15, 0.2) is 54.6 Å². The molecule has 1 fully saturated rings. The van der Waals surface area contributed by atoms with Crippen molar-refractivity contribution in [2.24, 2.45) is 5.92 Å². The van der Waals surface area contributed by atoms with Crippen LogP contribution in [0.4, 0.5) is 17.6 Å². The second-order valence-electron chi connectivity index (χ2n) is 7.32. The predicted molar refractivity (Wildman–Crippen MR) is 111 cm³/mol. The number of aliphatic hydroxyl groups excluding tert-OH is 1. The Balaban J connectivity index is 1.84. The summed E-state index contributed by atoms with van der Waals surface area (Å²) in [6, 6.07) is 12.9. The van der Waals surface area contributed by atoms with Gasteiger partial charge in [-0.05, 0) is 36.1 Å². The summed E-state index contributed by atoms with van der Waals surface area (Å²) in [7, 11) is 0. The lowest BCUT2D eigenvalue weighted by Gasteiger charge is -2.36. The lowest BCUT2D eigenvalue weighted by molar-refractivity contribution is -0.184. The van der Waals surface area contributed by atoms with E-state index < -0.39 is 30.2 Å². The van der Waals surface area contributed by atoms with E-state index in [9.17, 15) is 22.7 Å². The summed E-state index contributed by atoms with van der Waals surface area (Å²) in [5.41, 5.74) is -1.81. The first-order chi connectivity index (χ1) is 14.3. The number of aliphatic hydroxyl groups is 1. The molecule has 0 aliphatic heterocycles. The fourth-order valence-electron chi connectivity index (χ4n) is 2.99. The first-order valence-corrected chi connectivity index (χ1v) is 10.9. The quantitative estimate of drug-likeness (QED) is 0.456. The molecule has 160 valence electrons. The maximum Gasteiger partial charge on any atom is 0.422 e. The molecule has 2 nitrogen and oxygen atoms in total. The Morgan fingerprint density at radius 1 is 1.07 bits per heavy atom. The summed E-state index contributed by atoms with van der Waals surface area (Å²) in [5, 5.41) is 12.4. The Bertz CT molecular complexity index is 872. The van der Waals surface area contributed by atoms with Crippen molar-refractivity contribution in [1.82, 2.24) is 5.32 Å². The average Bonchev–Trinajstić information content (AvgIpc) is 3.55. The van der Waals surface area contributed by atoms with E-state index in [1.54, 1.807) is 0 Å². The van der Waals surface area contributed by atoms with Crippen molar-refractivity contribution < 1.29 is 22.7 Å². The molecule has 0 saturated heterocycles. The predicted octanol–water partition coefficient (Wildman–Crippen LogP) is 4.88. The topological polar surface area (TPSA) is 32.3 Å². The van der Waals surface area contributed by atoms with Gasteiger partial charge in [0, 0.05) is 23.5 Å². The molecule has 2 aromatic carbocycles. The highest BCUT2D eigenvalue weighted by molar-refractivity contribution is 7.98. The minimum Gasteiger partial charge on any atom is -0.395 e. The molecule has 1 aliphatic rings. The van der Waals surface area contributed by atoms with Crippen LogP contribution in [0.5, 0.6) is 0 Å². The monoisotopic (exact) mass is 437 g/mol. The average molecular weight is 438 g/mol. The Labute approximate surface area is 178 Å². The van der Waals surface area contributed by atoms with Crippen molar-refractivity contribution in [3.05, 3.63) is 71.5 Å². The van der Waals surface area contributed by atoms with Gasteiger partial charge in [-0.25, -0.2) is 4.39 Å². The third-order valence-corrected chi connectivity index (χ3v) is 5.99. The summed E-state index contributed by atoms with van der Waals surface area (Å²) in [6.45, 7) is -0.480. The molecule has 7 heteroatoms. The maximum atomic E-state index is 14.4. The molecule has 2 aromatic rings. The Morgan fingerprint density at radius 2 is 1.73 bits per heavy atom. The molecule has 0 heterocycles. The zero-order valence-electron chi connectivity index (χ0n) is 16.3. The van der Waals surface area contributed by atoms with E-state index in [2.05, 4.69) is 17.2 Å². The SMILES string of the molecule is OC[C@H](CSCc1ccccc1)N[C@@](C#CC1CC1)(c1ccc(F)cc1)C(F)(F)F. The van der Waals surface area contributed by atoms with Crippen LogP contribution in [-0.2, 0) is 11.3 Å². The Hall–Kier alpha value is -2.01. The van der Waals surface area contributed by atoms with Crippen LogP contribution in [0.25, 0.3) is 0 Å². The largest absolute Gasteiger partial charge is 0.422 e. The Kier molecular flexibility index (Phi) is 7.45.